The molecule has 1 saturated heterocycles. The maximum atomic E-state index is 13.0. The molecule has 3 aromatic rings. The third-order valence-electron chi connectivity index (χ3n) is 4.42. The SMILES string of the molecule is O=C(c1nc2ncccn2n1)N(CCOc1ccccc1)CC1CCCO1. The van der Waals surface area contributed by atoms with Gasteiger partial charge in [-0.2, -0.15) is 4.98 Å². The average molecular weight is 367 g/mol. The summed E-state index contributed by atoms with van der Waals surface area (Å²) in [7, 11) is 0. The predicted octanol–water partition coefficient (Wildman–Crippen LogP) is 1.82. The maximum Gasteiger partial charge on any atom is 0.293 e. The highest BCUT2D eigenvalue weighted by molar-refractivity contribution is 5.90. The molecule has 8 heteroatoms. The summed E-state index contributed by atoms with van der Waals surface area (Å²) in [6.45, 7) is 2.05. The van der Waals surface area contributed by atoms with Gasteiger partial charge < -0.3 is 14.4 Å². The van der Waals surface area contributed by atoms with Gasteiger partial charge in [-0.15, -0.1) is 5.10 Å². The lowest BCUT2D eigenvalue weighted by Gasteiger charge is -2.24. The third-order valence-corrected chi connectivity index (χ3v) is 4.42. The van der Waals surface area contributed by atoms with Crippen LogP contribution in [0.5, 0.6) is 5.75 Å². The summed E-state index contributed by atoms with van der Waals surface area (Å²) in [5.41, 5.74) is 0. The summed E-state index contributed by atoms with van der Waals surface area (Å²) in [4.78, 5) is 23.1. The fraction of sp³-hybridized carbons (Fsp3) is 0.368. The monoisotopic (exact) mass is 367 g/mol. The van der Waals surface area contributed by atoms with E-state index in [1.54, 1.807) is 23.4 Å². The third kappa shape index (κ3) is 4.22. The summed E-state index contributed by atoms with van der Waals surface area (Å²) >= 11 is 0. The van der Waals surface area contributed by atoms with Crippen LogP contribution in [0.3, 0.4) is 0 Å². The van der Waals surface area contributed by atoms with Gasteiger partial charge in [-0.25, -0.2) is 9.50 Å². The van der Waals surface area contributed by atoms with Gasteiger partial charge in [0, 0.05) is 25.5 Å². The van der Waals surface area contributed by atoms with Crippen molar-refractivity contribution in [2.24, 2.45) is 0 Å². The van der Waals surface area contributed by atoms with Gasteiger partial charge in [0.25, 0.3) is 11.7 Å². The zero-order valence-corrected chi connectivity index (χ0v) is 14.9. The van der Waals surface area contributed by atoms with E-state index in [2.05, 4.69) is 15.1 Å². The van der Waals surface area contributed by atoms with Crippen molar-refractivity contribution in [3.63, 3.8) is 0 Å². The predicted molar refractivity (Wildman–Crippen MR) is 97.6 cm³/mol. The number of aromatic nitrogens is 4. The van der Waals surface area contributed by atoms with Gasteiger partial charge in [-0.3, -0.25) is 4.79 Å². The molecular formula is C19H21N5O3. The Kier molecular flexibility index (Phi) is 5.24. The first-order valence-corrected chi connectivity index (χ1v) is 9.06. The Labute approximate surface area is 156 Å². The molecule has 0 spiro atoms. The van der Waals surface area contributed by atoms with Crippen molar-refractivity contribution in [2.45, 2.75) is 18.9 Å². The standard InChI is InChI=1S/C19H21N5O3/c25-18(17-21-19-20-9-5-10-24(19)22-17)23(14-16-8-4-12-26-16)11-13-27-15-6-2-1-3-7-15/h1-3,5-7,9-10,16H,4,8,11-14H2. The van der Waals surface area contributed by atoms with Crippen LogP contribution in [0.1, 0.15) is 23.5 Å². The fourth-order valence-electron chi connectivity index (χ4n) is 3.07. The number of benzene rings is 1. The van der Waals surface area contributed by atoms with Gasteiger partial charge in [-0.1, -0.05) is 18.2 Å². The number of ether oxygens (including phenoxy) is 2. The van der Waals surface area contributed by atoms with Crippen molar-refractivity contribution < 1.29 is 14.3 Å². The summed E-state index contributed by atoms with van der Waals surface area (Å²) < 4.78 is 13.0. The first-order valence-electron chi connectivity index (χ1n) is 9.06. The van der Waals surface area contributed by atoms with E-state index in [4.69, 9.17) is 9.47 Å². The molecule has 3 heterocycles. The minimum Gasteiger partial charge on any atom is -0.492 e. The van der Waals surface area contributed by atoms with Gasteiger partial charge >= 0.3 is 0 Å². The Morgan fingerprint density at radius 3 is 2.96 bits per heavy atom. The van der Waals surface area contributed by atoms with Crippen LogP contribution in [0.4, 0.5) is 0 Å². The van der Waals surface area contributed by atoms with Gasteiger partial charge in [0.2, 0.25) is 5.82 Å². The molecular weight excluding hydrogens is 346 g/mol. The lowest BCUT2D eigenvalue weighted by Crippen LogP contribution is -2.40. The molecule has 27 heavy (non-hydrogen) atoms. The second-order valence-corrected chi connectivity index (χ2v) is 6.35. The summed E-state index contributed by atoms with van der Waals surface area (Å²) in [6.07, 6.45) is 5.35. The van der Waals surface area contributed by atoms with Crippen molar-refractivity contribution >= 4 is 11.7 Å². The number of rotatable bonds is 7. The van der Waals surface area contributed by atoms with E-state index in [9.17, 15) is 4.79 Å². The summed E-state index contributed by atoms with van der Waals surface area (Å²) in [5, 5.41) is 4.24. The van der Waals surface area contributed by atoms with Crippen LogP contribution in [0.15, 0.2) is 48.8 Å². The number of carbonyl (C=O) groups is 1. The zero-order valence-electron chi connectivity index (χ0n) is 14.9. The average Bonchev–Trinajstić information content (AvgIpc) is 3.37. The zero-order chi connectivity index (χ0) is 18.5. The summed E-state index contributed by atoms with van der Waals surface area (Å²) in [5.74, 6) is 1.06. The Hall–Kier alpha value is -3.00. The molecule has 1 aromatic carbocycles. The van der Waals surface area contributed by atoms with Crippen LogP contribution in [-0.4, -0.2) is 62.8 Å². The van der Waals surface area contributed by atoms with Gasteiger partial charge in [0.1, 0.15) is 12.4 Å². The van der Waals surface area contributed by atoms with E-state index in [0.717, 1.165) is 25.2 Å². The molecule has 0 N–H and O–H groups in total. The molecule has 1 aliphatic rings. The largest absolute Gasteiger partial charge is 0.492 e. The number of para-hydroxylation sites is 1. The molecule has 2 aromatic heterocycles. The maximum absolute atomic E-state index is 13.0. The first-order chi connectivity index (χ1) is 13.3. The van der Waals surface area contributed by atoms with E-state index >= 15 is 0 Å². The molecule has 140 valence electrons. The van der Waals surface area contributed by atoms with Crippen LogP contribution < -0.4 is 4.74 Å². The van der Waals surface area contributed by atoms with Crippen LogP contribution in [0.25, 0.3) is 5.78 Å². The second-order valence-electron chi connectivity index (χ2n) is 6.35. The molecule has 0 bridgehead atoms. The number of nitrogens with zero attached hydrogens (tertiary/aromatic N) is 5. The number of fused-ring (bicyclic) bond motifs is 1. The van der Waals surface area contributed by atoms with Crippen molar-refractivity contribution in [3.8, 4) is 5.75 Å². The van der Waals surface area contributed by atoms with Crippen LogP contribution >= 0.6 is 0 Å². The highest BCUT2D eigenvalue weighted by atomic mass is 16.5. The highest BCUT2D eigenvalue weighted by Crippen LogP contribution is 2.15. The normalized spacial score (nSPS) is 16.5. The first kappa shape index (κ1) is 17.4. The number of hydrogen-bond acceptors (Lipinski definition) is 6. The van der Waals surface area contributed by atoms with E-state index in [-0.39, 0.29) is 17.8 Å². The molecule has 1 aliphatic heterocycles. The molecule has 8 nitrogen and oxygen atoms in total. The molecule has 0 aliphatic carbocycles. The molecule has 1 unspecified atom stereocenters. The van der Waals surface area contributed by atoms with E-state index in [0.29, 0.717) is 25.5 Å². The Bertz CT molecular complexity index is 860. The number of carbonyl (C=O) groups excluding carboxylic acids is 1. The molecule has 1 atom stereocenters. The van der Waals surface area contributed by atoms with Crippen molar-refractivity contribution in [1.29, 1.82) is 0 Å². The molecule has 0 radical (unpaired) electrons. The minimum absolute atomic E-state index is 0.0424. The topological polar surface area (TPSA) is 81.9 Å². The lowest BCUT2D eigenvalue weighted by atomic mass is 10.2. The molecule has 1 amide bonds. The minimum atomic E-state index is -0.243. The van der Waals surface area contributed by atoms with E-state index in [1.165, 1.54) is 4.52 Å². The van der Waals surface area contributed by atoms with E-state index < -0.39 is 0 Å². The van der Waals surface area contributed by atoms with Crippen LogP contribution in [0, 0.1) is 0 Å². The van der Waals surface area contributed by atoms with Crippen molar-refractivity contribution in [3.05, 3.63) is 54.6 Å². The molecule has 1 fully saturated rings. The smallest absolute Gasteiger partial charge is 0.293 e. The fourth-order valence-corrected chi connectivity index (χ4v) is 3.07. The Balaban J connectivity index is 1.46. The van der Waals surface area contributed by atoms with Crippen molar-refractivity contribution in [1.82, 2.24) is 24.5 Å². The Morgan fingerprint density at radius 1 is 1.30 bits per heavy atom. The quantitative estimate of drug-likeness (QED) is 0.634. The van der Waals surface area contributed by atoms with Crippen LogP contribution in [-0.2, 0) is 4.74 Å². The van der Waals surface area contributed by atoms with Gasteiger partial charge in [-0.05, 0) is 31.0 Å². The molecule has 4 rings (SSSR count). The number of amides is 1. The van der Waals surface area contributed by atoms with E-state index in [1.807, 2.05) is 30.3 Å². The second kappa shape index (κ2) is 8.13. The Morgan fingerprint density at radius 2 is 2.19 bits per heavy atom. The lowest BCUT2D eigenvalue weighted by molar-refractivity contribution is 0.0485. The van der Waals surface area contributed by atoms with Gasteiger partial charge in [0.05, 0.1) is 12.6 Å². The van der Waals surface area contributed by atoms with Gasteiger partial charge in [0.15, 0.2) is 0 Å². The number of hydrogen-bond donors (Lipinski definition) is 0. The highest BCUT2D eigenvalue weighted by Gasteiger charge is 2.26. The molecule has 0 saturated carbocycles. The summed E-state index contributed by atoms with van der Waals surface area (Å²) in [6, 6.07) is 11.3. The van der Waals surface area contributed by atoms with Crippen molar-refractivity contribution in [2.75, 3.05) is 26.3 Å². The van der Waals surface area contributed by atoms with Crippen LogP contribution in [0.2, 0.25) is 0 Å².